The normalized spacial score (nSPS) is 20.2. The molecule has 20 heavy (non-hydrogen) atoms. The molecule has 0 bridgehead atoms. The maximum absolute atomic E-state index is 13.7. The van der Waals surface area contributed by atoms with Gasteiger partial charge in [-0.15, -0.1) is 0 Å². The molecule has 3 nitrogen and oxygen atoms in total. The molecule has 1 aromatic carbocycles. The first-order valence-corrected chi connectivity index (χ1v) is 5.91. The van der Waals surface area contributed by atoms with Crippen molar-refractivity contribution in [1.82, 2.24) is 5.32 Å². The molecule has 0 atom stereocenters. The van der Waals surface area contributed by atoms with E-state index in [1.54, 1.807) is 13.8 Å². The van der Waals surface area contributed by atoms with Crippen molar-refractivity contribution >= 4 is 5.84 Å². The minimum absolute atomic E-state index is 0.0924. The van der Waals surface area contributed by atoms with Gasteiger partial charge < -0.3 is 5.21 Å². The lowest BCUT2D eigenvalue weighted by Crippen LogP contribution is -2.50. The third-order valence-corrected chi connectivity index (χ3v) is 3.92. The van der Waals surface area contributed by atoms with E-state index in [4.69, 9.17) is 0 Å². The lowest BCUT2D eigenvalue weighted by Gasteiger charge is -2.30. The SMILES string of the molecule is CC1(C)[N]C(c2c(F)c(F)cc(F)c2F)=[N+]([O-])C1(C)C. The molecule has 1 heterocycles. The molecule has 1 radical (unpaired) electrons. The second kappa shape index (κ2) is 4.10. The third-order valence-electron chi connectivity index (χ3n) is 3.92. The highest BCUT2D eigenvalue weighted by molar-refractivity contribution is 5.97. The molecule has 0 aliphatic carbocycles. The summed E-state index contributed by atoms with van der Waals surface area (Å²) in [6, 6.07) is 0.0924. The van der Waals surface area contributed by atoms with Gasteiger partial charge in [0.05, 0.1) is 0 Å². The maximum Gasteiger partial charge on any atom is 0.330 e. The highest BCUT2D eigenvalue weighted by Crippen LogP contribution is 2.33. The van der Waals surface area contributed by atoms with Crippen molar-refractivity contribution in [3.05, 3.63) is 40.1 Å². The van der Waals surface area contributed by atoms with E-state index in [1.165, 1.54) is 13.8 Å². The lowest BCUT2D eigenvalue weighted by atomic mass is 9.84. The largest absolute Gasteiger partial charge is 0.714 e. The van der Waals surface area contributed by atoms with Crippen LogP contribution in [0.5, 0.6) is 0 Å². The van der Waals surface area contributed by atoms with Gasteiger partial charge in [0.15, 0.2) is 28.8 Å². The molecule has 0 aromatic heterocycles. The number of amidine groups is 1. The summed E-state index contributed by atoms with van der Waals surface area (Å²) in [4.78, 5) is 0. The van der Waals surface area contributed by atoms with Gasteiger partial charge >= 0.3 is 5.84 Å². The van der Waals surface area contributed by atoms with Crippen molar-refractivity contribution in [1.29, 1.82) is 0 Å². The van der Waals surface area contributed by atoms with Gasteiger partial charge in [0, 0.05) is 6.07 Å². The molecule has 0 N–H and O–H groups in total. The molecule has 109 valence electrons. The summed E-state index contributed by atoms with van der Waals surface area (Å²) < 4.78 is 54.2. The summed E-state index contributed by atoms with van der Waals surface area (Å²) >= 11 is 0. The van der Waals surface area contributed by atoms with E-state index < -0.39 is 45.7 Å². The zero-order valence-electron chi connectivity index (χ0n) is 11.4. The number of rotatable bonds is 1. The molecule has 1 aromatic rings. The van der Waals surface area contributed by atoms with Gasteiger partial charge in [0.1, 0.15) is 11.1 Å². The Morgan fingerprint density at radius 2 is 1.45 bits per heavy atom. The Hall–Kier alpha value is -1.79. The third kappa shape index (κ3) is 1.76. The Bertz CT molecular complexity index is 597. The molecule has 2 rings (SSSR count). The highest BCUT2D eigenvalue weighted by Gasteiger charge is 2.56. The van der Waals surface area contributed by atoms with Crippen LogP contribution >= 0.6 is 0 Å². The molecule has 7 heteroatoms. The second-order valence-electron chi connectivity index (χ2n) is 5.69. The average Bonchev–Trinajstić information content (AvgIpc) is 2.48. The van der Waals surface area contributed by atoms with Gasteiger partial charge in [-0.3, -0.25) is 4.74 Å². The van der Waals surface area contributed by atoms with Crippen LogP contribution in [0.1, 0.15) is 33.3 Å². The quantitative estimate of drug-likeness (QED) is 0.339. The van der Waals surface area contributed by atoms with E-state index in [2.05, 4.69) is 5.32 Å². The van der Waals surface area contributed by atoms with Gasteiger partial charge in [-0.05, 0) is 27.7 Å². The predicted octanol–water partition coefficient (Wildman–Crippen LogP) is 2.68. The van der Waals surface area contributed by atoms with Crippen LogP contribution < -0.4 is 5.32 Å². The van der Waals surface area contributed by atoms with E-state index in [9.17, 15) is 22.8 Å². The molecule has 0 spiro atoms. The van der Waals surface area contributed by atoms with Crippen molar-refractivity contribution in [3.8, 4) is 0 Å². The average molecular weight is 289 g/mol. The Balaban J connectivity index is 2.74. The van der Waals surface area contributed by atoms with Crippen LogP contribution in [0.15, 0.2) is 6.07 Å². The Labute approximate surface area is 113 Å². The summed E-state index contributed by atoms with van der Waals surface area (Å²) in [5, 5.41) is 16.1. The fourth-order valence-electron chi connectivity index (χ4n) is 1.89. The van der Waals surface area contributed by atoms with Crippen molar-refractivity contribution in [2.45, 2.75) is 38.8 Å². The molecule has 0 saturated carbocycles. The Kier molecular flexibility index (Phi) is 3.00. The molecule has 0 saturated heterocycles. The molecular weight excluding hydrogens is 276 g/mol. The van der Waals surface area contributed by atoms with Crippen LogP contribution in [0.4, 0.5) is 17.6 Å². The van der Waals surface area contributed by atoms with Gasteiger partial charge in [-0.25, -0.2) is 17.6 Å². The number of hydrogen-bond acceptors (Lipinski definition) is 1. The van der Waals surface area contributed by atoms with E-state index in [0.717, 1.165) is 0 Å². The van der Waals surface area contributed by atoms with Crippen molar-refractivity contribution in [2.24, 2.45) is 0 Å². The van der Waals surface area contributed by atoms with Crippen LogP contribution in [-0.4, -0.2) is 21.7 Å². The van der Waals surface area contributed by atoms with Gasteiger partial charge in [0.2, 0.25) is 0 Å². The van der Waals surface area contributed by atoms with Crippen molar-refractivity contribution in [3.63, 3.8) is 0 Å². The van der Waals surface area contributed by atoms with Crippen molar-refractivity contribution < 1.29 is 22.3 Å². The topological polar surface area (TPSA) is 40.2 Å². The summed E-state index contributed by atoms with van der Waals surface area (Å²) in [6.45, 7) is 6.25. The number of benzene rings is 1. The summed E-state index contributed by atoms with van der Waals surface area (Å²) in [5.74, 6) is -7.04. The minimum Gasteiger partial charge on any atom is -0.714 e. The molecule has 0 unspecified atom stereocenters. The van der Waals surface area contributed by atoms with Crippen LogP contribution in [-0.2, 0) is 0 Å². The zero-order chi connectivity index (χ0) is 15.5. The number of hydroxylamine groups is 1. The van der Waals surface area contributed by atoms with Gasteiger partial charge in [-0.1, -0.05) is 5.32 Å². The van der Waals surface area contributed by atoms with Gasteiger partial charge in [0.25, 0.3) is 0 Å². The molecule has 0 amide bonds. The summed E-state index contributed by atoms with van der Waals surface area (Å²) in [5.41, 5.74) is -3.15. The number of halogens is 4. The molecule has 0 fully saturated rings. The van der Waals surface area contributed by atoms with Crippen LogP contribution in [0.2, 0.25) is 0 Å². The lowest BCUT2D eigenvalue weighted by molar-refractivity contribution is -0.539. The monoisotopic (exact) mass is 289 g/mol. The van der Waals surface area contributed by atoms with Crippen molar-refractivity contribution in [2.75, 3.05) is 0 Å². The molecular formula is C13H13F4N2O. The maximum atomic E-state index is 13.7. The second-order valence-corrected chi connectivity index (χ2v) is 5.69. The molecule has 1 aliphatic heterocycles. The number of hydrogen-bond donors (Lipinski definition) is 0. The van der Waals surface area contributed by atoms with Gasteiger partial charge in [-0.2, -0.15) is 0 Å². The minimum atomic E-state index is -1.63. The van der Waals surface area contributed by atoms with E-state index in [1.807, 2.05) is 0 Å². The van der Waals surface area contributed by atoms with E-state index >= 15 is 0 Å². The standard InChI is InChI=1S/C13H13F4N2O/c1-12(2)13(3,4)19(20)11(18-12)8-9(16)6(14)5-7(15)10(8)17/h5H,1-4H3. The summed E-state index contributed by atoms with van der Waals surface area (Å²) in [6.07, 6.45) is 0. The van der Waals surface area contributed by atoms with Crippen LogP contribution in [0.25, 0.3) is 0 Å². The Morgan fingerprint density at radius 1 is 1.00 bits per heavy atom. The highest BCUT2D eigenvalue weighted by atomic mass is 19.2. The zero-order valence-corrected chi connectivity index (χ0v) is 11.4. The summed E-state index contributed by atoms with van der Waals surface area (Å²) in [7, 11) is 0. The predicted molar refractivity (Wildman–Crippen MR) is 64.3 cm³/mol. The van der Waals surface area contributed by atoms with Crippen LogP contribution in [0, 0.1) is 28.5 Å². The number of nitrogens with zero attached hydrogens (tertiary/aromatic N) is 2. The Morgan fingerprint density at radius 3 is 1.80 bits per heavy atom. The fraction of sp³-hybridized carbons (Fsp3) is 0.462. The van der Waals surface area contributed by atoms with E-state index in [0.29, 0.717) is 0 Å². The smallest absolute Gasteiger partial charge is 0.330 e. The molecule has 1 aliphatic rings. The first-order valence-electron chi connectivity index (χ1n) is 5.91. The first-order chi connectivity index (χ1) is 9.00. The van der Waals surface area contributed by atoms with E-state index in [-0.39, 0.29) is 10.8 Å². The fourth-order valence-corrected chi connectivity index (χ4v) is 1.89. The first kappa shape index (κ1) is 14.6. The van der Waals surface area contributed by atoms with Crippen LogP contribution in [0.3, 0.4) is 0 Å².